The van der Waals surface area contributed by atoms with Crippen molar-refractivity contribution in [1.29, 1.82) is 0 Å². The van der Waals surface area contributed by atoms with Crippen molar-refractivity contribution in [1.82, 2.24) is 25.5 Å². The van der Waals surface area contributed by atoms with Gasteiger partial charge < -0.3 is 10.1 Å². The van der Waals surface area contributed by atoms with Gasteiger partial charge in [-0.1, -0.05) is 25.1 Å². The van der Waals surface area contributed by atoms with Crippen LogP contribution < -0.4 is 5.32 Å². The van der Waals surface area contributed by atoms with Crippen LogP contribution in [0.3, 0.4) is 0 Å². The van der Waals surface area contributed by atoms with Crippen LogP contribution in [0, 0.1) is 0 Å². The van der Waals surface area contributed by atoms with Gasteiger partial charge >= 0.3 is 5.97 Å². The zero-order valence-corrected chi connectivity index (χ0v) is 13.4. The van der Waals surface area contributed by atoms with E-state index in [4.69, 9.17) is 4.74 Å². The zero-order valence-electron chi connectivity index (χ0n) is 12.6. The number of esters is 1. The van der Waals surface area contributed by atoms with E-state index in [0.29, 0.717) is 24.3 Å². The fourth-order valence-corrected chi connectivity index (χ4v) is 3.04. The Hall–Kier alpha value is -1.15. The fraction of sp³-hybridized carbons (Fsp3) is 0.846. The number of ether oxygens (including phenoxy) is 1. The van der Waals surface area contributed by atoms with E-state index in [0.717, 1.165) is 19.4 Å². The zero-order chi connectivity index (χ0) is 15.1. The minimum Gasteiger partial charge on any atom is -0.465 e. The van der Waals surface area contributed by atoms with E-state index in [9.17, 15) is 4.79 Å². The largest absolute Gasteiger partial charge is 0.465 e. The molecule has 0 saturated heterocycles. The summed E-state index contributed by atoms with van der Waals surface area (Å²) in [6.45, 7) is 5.83. The predicted molar refractivity (Wildman–Crippen MR) is 80.0 cm³/mol. The van der Waals surface area contributed by atoms with E-state index < -0.39 is 0 Å². The normalized spacial score (nSPS) is 15.9. The van der Waals surface area contributed by atoms with Gasteiger partial charge in [0.2, 0.25) is 5.16 Å². The fourth-order valence-electron chi connectivity index (χ4n) is 1.93. The highest BCUT2D eigenvalue weighted by molar-refractivity contribution is 8.00. The first-order chi connectivity index (χ1) is 10.2. The van der Waals surface area contributed by atoms with E-state index >= 15 is 0 Å². The number of rotatable bonds is 10. The van der Waals surface area contributed by atoms with E-state index in [2.05, 4.69) is 27.8 Å². The number of nitrogens with one attached hydrogen (secondary N) is 1. The molecule has 7 nitrogen and oxygen atoms in total. The Morgan fingerprint density at radius 1 is 1.52 bits per heavy atom. The first-order valence-electron chi connectivity index (χ1n) is 7.57. The SMILES string of the molecule is CCCC(Sc1nnnn1CCNC1CC1)C(=O)OCC. The summed E-state index contributed by atoms with van der Waals surface area (Å²) in [5.74, 6) is -0.185. The Morgan fingerprint density at radius 2 is 2.33 bits per heavy atom. The summed E-state index contributed by atoms with van der Waals surface area (Å²) >= 11 is 1.39. The van der Waals surface area contributed by atoms with E-state index in [1.165, 1.54) is 24.6 Å². The Balaban J connectivity index is 1.89. The van der Waals surface area contributed by atoms with Gasteiger partial charge in [-0.25, -0.2) is 4.68 Å². The van der Waals surface area contributed by atoms with Crippen molar-refractivity contribution in [3.05, 3.63) is 0 Å². The molecule has 0 spiro atoms. The second-order valence-corrected chi connectivity index (χ2v) is 6.23. The lowest BCUT2D eigenvalue weighted by Gasteiger charge is -2.13. The molecule has 1 aromatic heterocycles. The quantitative estimate of drug-likeness (QED) is 0.514. The molecule has 0 aromatic carbocycles. The molecule has 0 amide bonds. The molecule has 1 heterocycles. The third-order valence-electron chi connectivity index (χ3n) is 3.18. The summed E-state index contributed by atoms with van der Waals surface area (Å²) in [5.41, 5.74) is 0. The summed E-state index contributed by atoms with van der Waals surface area (Å²) < 4.78 is 6.87. The lowest BCUT2D eigenvalue weighted by Crippen LogP contribution is -2.24. The number of tetrazole rings is 1. The molecule has 1 saturated carbocycles. The van der Waals surface area contributed by atoms with Crippen LogP contribution in [0.5, 0.6) is 0 Å². The second kappa shape index (κ2) is 8.33. The van der Waals surface area contributed by atoms with Gasteiger partial charge in [0.15, 0.2) is 0 Å². The molecule has 1 aliphatic rings. The predicted octanol–water partition coefficient (Wildman–Crippen LogP) is 1.25. The molecule has 1 unspecified atom stereocenters. The van der Waals surface area contributed by atoms with Crippen LogP contribution in [0.4, 0.5) is 0 Å². The second-order valence-electron chi connectivity index (χ2n) is 5.06. The molecule has 2 rings (SSSR count). The summed E-state index contributed by atoms with van der Waals surface area (Å²) in [6.07, 6.45) is 4.20. The summed E-state index contributed by atoms with van der Waals surface area (Å²) in [6, 6.07) is 0.671. The van der Waals surface area contributed by atoms with Crippen molar-refractivity contribution in [3.8, 4) is 0 Å². The van der Waals surface area contributed by atoms with Gasteiger partial charge in [0.25, 0.3) is 0 Å². The van der Waals surface area contributed by atoms with Crippen LogP contribution in [0.2, 0.25) is 0 Å². The molecule has 1 atom stereocenters. The van der Waals surface area contributed by atoms with E-state index in [1.807, 2.05) is 6.92 Å². The van der Waals surface area contributed by atoms with Crippen molar-refractivity contribution >= 4 is 17.7 Å². The Labute approximate surface area is 129 Å². The Bertz CT molecular complexity index is 450. The van der Waals surface area contributed by atoms with Crippen LogP contribution in [0.25, 0.3) is 0 Å². The van der Waals surface area contributed by atoms with Gasteiger partial charge in [0.05, 0.1) is 13.2 Å². The minimum absolute atomic E-state index is 0.185. The third kappa shape index (κ3) is 5.28. The van der Waals surface area contributed by atoms with E-state index in [1.54, 1.807) is 4.68 Å². The van der Waals surface area contributed by atoms with Crippen molar-refractivity contribution in [2.24, 2.45) is 0 Å². The van der Waals surface area contributed by atoms with Gasteiger partial charge in [0.1, 0.15) is 5.25 Å². The van der Waals surface area contributed by atoms with Gasteiger partial charge in [-0.3, -0.25) is 4.79 Å². The number of hydrogen-bond acceptors (Lipinski definition) is 7. The maximum Gasteiger partial charge on any atom is 0.319 e. The number of nitrogens with zero attached hydrogens (tertiary/aromatic N) is 4. The minimum atomic E-state index is -0.240. The molecular formula is C13H23N5O2S. The smallest absolute Gasteiger partial charge is 0.319 e. The molecule has 0 bridgehead atoms. The molecule has 0 aliphatic heterocycles. The van der Waals surface area contributed by atoms with Gasteiger partial charge in [0, 0.05) is 12.6 Å². The topological polar surface area (TPSA) is 81.9 Å². The van der Waals surface area contributed by atoms with Crippen LogP contribution >= 0.6 is 11.8 Å². The average molecular weight is 313 g/mol. The first kappa shape index (κ1) is 16.2. The van der Waals surface area contributed by atoms with Gasteiger partial charge in [-0.2, -0.15) is 0 Å². The number of thioether (sulfide) groups is 1. The lowest BCUT2D eigenvalue weighted by molar-refractivity contribution is -0.142. The van der Waals surface area contributed by atoms with Crippen molar-refractivity contribution in [2.45, 2.75) is 62.5 Å². The molecule has 1 aliphatic carbocycles. The molecule has 1 fully saturated rings. The molecule has 8 heteroatoms. The summed E-state index contributed by atoms with van der Waals surface area (Å²) in [4.78, 5) is 11.9. The molecule has 1 N–H and O–H groups in total. The maximum absolute atomic E-state index is 11.9. The highest BCUT2D eigenvalue weighted by Crippen LogP contribution is 2.25. The number of aromatic nitrogens is 4. The molecule has 0 radical (unpaired) electrons. The molecule has 21 heavy (non-hydrogen) atoms. The lowest BCUT2D eigenvalue weighted by atomic mass is 10.2. The van der Waals surface area contributed by atoms with Crippen molar-refractivity contribution < 1.29 is 9.53 Å². The molecule has 118 valence electrons. The number of hydrogen-bond donors (Lipinski definition) is 1. The average Bonchev–Trinajstić information content (AvgIpc) is 3.18. The van der Waals surface area contributed by atoms with Crippen LogP contribution in [-0.2, 0) is 16.1 Å². The van der Waals surface area contributed by atoms with Gasteiger partial charge in [-0.15, -0.1) is 5.10 Å². The van der Waals surface area contributed by atoms with Crippen LogP contribution in [0.1, 0.15) is 39.5 Å². The maximum atomic E-state index is 11.9. The monoisotopic (exact) mass is 313 g/mol. The van der Waals surface area contributed by atoms with Crippen molar-refractivity contribution in [2.75, 3.05) is 13.2 Å². The Kier molecular flexibility index (Phi) is 6.44. The number of carbonyl (C=O) groups excluding carboxylic acids is 1. The number of carbonyl (C=O) groups is 1. The molecular weight excluding hydrogens is 290 g/mol. The Morgan fingerprint density at radius 3 is 3.00 bits per heavy atom. The standard InChI is InChI=1S/C13H23N5O2S/c1-3-5-11(12(19)20-4-2)21-13-15-16-17-18(13)9-8-14-10-6-7-10/h10-11,14H,3-9H2,1-2H3. The highest BCUT2D eigenvalue weighted by atomic mass is 32.2. The van der Waals surface area contributed by atoms with Crippen LogP contribution in [0.15, 0.2) is 5.16 Å². The first-order valence-corrected chi connectivity index (χ1v) is 8.45. The summed E-state index contributed by atoms with van der Waals surface area (Å²) in [5, 5.41) is 15.6. The third-order valence-corrected chi connectivity index (χ3v) is 4.40. The van der Waals surface area contributed by atoms with Gasteiger partial charge in [-0.05, 0) is 36.6 Å². The highest BCUT2D eigenvalue weighted by Gasteiger charge is 2.24. The molecule has 1 aromatic rings. The van der Waals surface area contributed by atoms with Crippen molar-refractivity contribution in [3.63, 3.8) is 0 Å². The van der Waals surface area contributed by atoms with Crippen LogP contribution in [-0.4, -0.2) is 50.6 Å². The summed E-state index contributed by atoms with van der Waals surface area (Å²) in [7, 11) is 0. The van der Waals surface area contributed by atoms with E-state index in [-0.39, 0.29) is 11.2 Å².